The van der Waals surface area contributed by atoms with Gasteiger partial charge in [0, 0.05) is 21.3 Å². The molecule has 0 fully saturated rings. The minimum Gasteiger partial charge on any atom is -0.495 e. The van der Waals surface area contributed by atoms with Crippen molar-refractivity contribution in [3.05, 3.63) is 44.4 Å². The van der Waals surface area contributed by atoms with Crippen molar-refractivity contribution >= 4 is 44.2 Å². The van der Waals surface area contributed by atoms with Gasteiger partial charge in [-0.2, -0.15) is 0 Å². The summed E-state index contributed by atoms with van der Waals surface area (Å²) in [4.78, 5) is 0. The standard InChI is InChI=1S/C13H11BrINO/c1-17-13-10(6-8(14)7-11(13)15)9-4-2-3-5-12(9)16/h2-7H,16H2,1H3. The minimum atomic E-state index is 0.750. The van der Waals surface area contributed by atoms with E-state index in [1.54, 1.807) is 7.11 Å². The van der Waals surface area contributed by atoms with Gasteiger partial charge in [0.15, 0.2) is 0 Å². The van der Waals surface area contributed by atoms with Crippen LogP contribution in [-0.2, 0) is 0 Å². The average molecular weight is 404 g/mol. The van der Waals surface area contributed by atoms with Gasteiger partial charge in [0.2, 0.25) is 0 Å². The Bertz CT molecular complexity index is 557. The summed E-state index contributed by atoms with van der Waals surface area (Å²) in [6.45, 7) is 0. The number of hydrogen-bond donors (Lipinski definition) is 1. The summed E-state index contributed by atoms with van der Waals surface area (Å²) in [6, 6.07) is 11.8. The zero-order valence-corrected chi connectivity index (χ0v) is 12.9. The third-order valence-corrected chi connectivity index (χ3v) is 3.72. The lowest BCUT2D eigenvalue weighted by Crippen LogP contribution is -1.95. The van der Waals surface area contributed by atoms with E-state index in [9.17, 15) is 0 Å². The SMILES string of the molecule is COc1c(I)cc(Br)cc1-c1ccccc1N. The van der Waals surface area contributed by atoms with Crippen LogP contribution in [0, 0.1) is 3.57 Å². The normalized spacial score (nSPS) is 10.3. The number of halogens is 2. The largest absolute Gasteiger partial charge is 0.495 e. The van der Waals surface area contributed by atoms with Gasteiger partial charge in [0.1, 0.15) is 5.75 Å². The number of methoxy groups -OCH3 is 1. The third kappa shape index (κ3) is 2.57. The smallest absolute Gasteiger partial charge is 0.140 e. The monoisotopic (exact) mass is 403 g/mol. The van der Waals surface area contributed by atoms with Crippen LogP contribution >= 0.6 is 38.5 Å². The summed E-state index contributed by atoms with van der Waals surface area (Å²) in [7, 11) is 1.67. The Balaban J connectivity index is 2.70. The molecular weight excluding hydrogens is 393 g/mol. The first kappa shape index (κ1) is 12.7. The highest BCUT2D eigenvalue weighted by Crippen LogP contribution is 2.38. The Kier molecular flexibility index (Phi) is 3.93. The minimum absolute atomic E-state index is 0.750. The van der Waals surface area contributed by atoms with Crippen LogP contribution in [0.1, 0.15) is 0 Å². The number of benzene rings is 2. The zero-order valence-electron chi connectivity index (χ0n) is 9.21. The molecule has 4 heteroatoms. The summed E-state index contributed by atoms with van der Waals surface area (Å²) >= 11 is 5.75. The van der Waals surface area contributed by atoms with E-state index in [1.807, 2.05) is 36.4 Å². The van der Waals surface area contributed by atoms with Crippen molar-refractivity contribution in [2.24, 2.45) is 0 Å². The lowest BCUT2D eigenvalue weighted by molar-refractivity contribution is 0.413. The summed E-state index contributed by atoms with van der Waals surface area (Å²) < 4.78 is 7.52. The van der Waals surface area contributed by atoms with Crippen LogP contribution in [-0.4, -0.2) is 7.11 Å². The number of anilines is 1. The lowest BCUT2D eigenvalue weighted by atomic mass is 10.0. The van der Waals surface area contributed by atoms with Crippen molar-refractivity contribution in [3.8, 4) is 16.9 Å². The summed E-state index contributed by atoms with van der Waals surface area (Å²) in [5, 5.41) is 0. The predicted molar refractivity (Wildman–Crippen MR) is 83.3 cm³/mol. The van der Waals surface area contributed by atoms with Gasteiger partial charge in [-0.1, -0.05) is 34.1 Å². The Hall–Kier alpha value is -0.750. The number of rotatable bonds is 2. The summed E-state index contributed by atoms with van der Waals surface area (Å²) in [5.41, 5.74) is 8.75. The van der Waals surface area contributed by atoms with Crippen LogP contribution in [0.2, 0.25) is 0 Å². The first-order chi connectivity index (χ1) is 8.13. The number of nitrogens with two attached hydrogens (primary N) is 1. The molecule has 0 aliphatic heterocycles. The maximum atomic E-state index is 6.00. The molecule has 0 aromatic heterocycles. The first-order valence-corrected chi connectivity index (χ1v) is 6.88. The molecule has 2 nitrogen and oxygen atoms in total. The Morgan fingerprint density at radius 3 is 2.53 bits per heavy atom. The van der Waals surface area contributed by atoms with Crippen LogP contribution in [0.25, 0.3) is 11.1 Å². The zero-order chi connectivity index (χ0) is 12.4. The molecule has 2 rings (SSSR count). The van der Waals surface area contributed by atoms with E-state index in [-0.39, 0.29) is 0 Å². The van der Waals surface area contributed by atoms with Crippen LogP contribution in [0.3, 0.4) is 0 Å². The van der Waals surface area contributed by atoms with Crippen molar-refractivity contribution < 1.29 is 4.74 Å². The van der Waals surface area contributed by atoms with E-state index < -0.39 is 0 Å². The molecule has 88 valence electrons. The predicted octanol–water partition coefficient (Wildman–Crippen LogP) is 4.31. The van der Waals surface area contributed by atoms with Crippen molar-refractivity contribution in [3.63, 3.8) is 0 Å². The molecule has 2 aromatic rings. The molecule has 0 radical (unpaired) electrons. The van der Waals surface area contributed by atoms with Crippen molar-refractivity contribution in [1.29, 1.82) is 0 Å². The van der Waals surface area contributed by atoms with E-state index in [2.05, 4.69) is 38.5 Å². The van der Waals surface area contributed by atoms with Crippen molar-refractivity contribution in [1.82, 2.24) is 0 Å². The van der Waals surface area contributed by atoms with Gasteiger partial charge >= 0.3 is 0 Å². The fourth-order valence-electron chi connectivity index (χ4n) is 1.71. The summed E-state index contributed by atoms with van der Waals surface area (Å²) in [6.07, 6.45) is 0. The molecule has 0 aliphatic rings. The van der Waals surface area contributed by atoms with E-state index in [0.717, 1.165) is 30.6 Å². The van der Waals surface area contributed by atoms with Gasteiger partial charge in [-0.15, -0.1) is 0 Å². The van der Waals surface area contributed by atoms with Gasteiger partial charge in [-0.25, -0.2) is 0 Å². The highest BCUT2D eigenvalue weighted by molar-refractivity contribution is 14.1. The maximum absolute atomic E-state index is 6.00. The van der Waals surface area contributed by atoms with E-state index in [1.165, 1.54) is 0 Å². The molecule has 0 heterocycles. The van der Waals surface area contributed by atoms with Crippen LogP contribution < -0.4 is 10.5 Å². The van der Waals surface area contributed by atoms with Crippen LogP contribution in [0.4, 0.5) is 5.69 Å². The average Bonchev–Trinajstić information content (AvgIpc) is 2.28. The number of para-hydroxylation sites is 1. The number of nitrogen functional groups attached to an aromatic ring is 1. The van der Waals surface area contributed by atoms with Gasteiger partial charge in [-0.05, 0) is 40.8 Å². The maximum Gasteiger partial charge on any atom is 0.140 e. The van der Waals surface area contributed by atoms with E-state index in [0.29, 0.717) is 0 Å². The van der Waals surface area contributed by atoms with Crippen LogP contribution in [0.15, 0.2) is 40.9 Å². The Morgan fingerprint density at radius 2 is 1.88 bits per heavy atom. The number of ether oxygens (including phenoxy) is 1. The fourth-order valence-corrected chi connectivity index (χ4v) is 3.44. The molecule has 0 spiro atoms. The molecule has 0 aliphatic carbocycles. The third-order valence-electron chi connectivity index (χ3n) is 2.46. The Labute approximate surface area is 122 Å². The second-order valence-corrected chi connectivity index (χ2v) is 5.63. The van der Waals surface area contributed by atoms with Gasteiger partial charge < -0.3 is 10.5 Å². The molecule has 0 unspecified atom stereocenters. The van der Waals surface area contributed by atoms with Crippen LogP contribution in [0.5, 0.6) is 5.75 Å². The van der Waals surface area contributed by atoms with Gasteiger partial charge in [-0.3, -0.25) is 0 Å². The molecule has 0 saturated carbocycles. The topological polar surface area (TPSA) is 35.2 Å². The number of hydrogen-bond acceptors (Lipinski definition) is 2. The molecule has 0 amide bonds. The molecule has 0 atom stereocenters. The fraction of sp³-hybridized carbons (Fsp3) is 0.0769. The summed E-state index contributed by atoms with van der Waals surface area (Å²) in [5.74, 6) is 0.853. The van der Waals surface area contributed by atoms with E-state index in [4.69, 9.17) is 10.5 Å². The highest BCUT2D eigenvalue weighted by Gasteiger charge is 2.12. The molecular formula is C13H11BrINO. The molecule has 17 heavy (non-hydrogen) atoms. The van der Waals surface area contributed by atoms with E-state index >= 15 is 0 Å². The van der Waals surface area contributed by atoms with Gasteiger partial charge in [0.05, 0.1) is 10.7 Å². The van der Waals surface area contributed by atoms with Gasteiger partial charge in [0.25, 0.3) is 0 Å². The second kappa shape index (κ2) is 5.27. The first-order valence-electron chi connectivity index (χ1n) is 5.01. The molecule has 0 saturated heterocycles. The van der Waals surface area contributed by atoms with Crippen molar-refractivity contribution in [2.75, 3.05) is 12.8 Å². The molecule has 2 aromatic carbocycles. The lowest BCUT2D eigenvalue weighted by Gasteiger charge is -2.13. The molecule has 0 bridgehead atoms. The van der Waals surface area contributed by atoms with Crippen molar-refractivity contribution in [2.45, 2.75) is 0 Å². The molecule has 2 N–H and O–H groups in total. The highest BCUT2D eigenvalue weighted by atomic mass is 127. The quantitative estimate of drug-likeness (QED) is 0.598. The Morgan fingerprint density at radius 1 is 1.18 bits per heavy atom. The second-order valence-electron chi connectivity index (χ2n) is 3.56.